The van der Waals surface area contributed by atoms with Crippen LogP contribution in [0, 0.1) is 0 Å². The number of aromatic nitrogens is 4. The van der Waals surface area contributed by atoms with E-state index in [1.54, 1.807) is 32.0 Å². The Morgan fingerprint density at radius 3 is 3.09 bits per heavy atom. The van der Waals surface area contributed by atoms with Crippen molar-refractivity contribution in [1.29, 1.82) is 0 Å². The highest BCUT2D eigenvalue weighted by molar-refractivity contribution is 5.77. The molecule has 0 aromatic carbocycles. The first-order valence-corrected chi connectivity index (χ1v) is 7.35. The lowest BCUT2D eigenvalue weighted by atomic mass is 9.95. The quantitative estimate of drug-likeness (QED) is 0.843. The maximum Gasteiger partial charge on any atom is 0.248 e. The number of imidazole rings is 1. The lowest BCUT2D eigenvalue weighted by molar-refractivity contribution is -0.136. The molecule has 1 aliphatic heterocycles. The summed E-state index contributed by atoms with van der Waals surface area (Å²) in [5, 5.41) is 0. The number of carbonyl (C=O) groups excluding carboxylic acids is 1. The normalized spacial score (nSPS) is 18.4. The van der Waals surface area contributed by atoms with Crippen LogP contribution in [0.15, 0.2) is 31.1 Å². The molecule has 2 aromatic heterocycles. The predicted octanol–water partition coefficient (Wildman–Crippen LogP) is 1.01. The van der Waals surface area contributed by atoms with Crippen LogP contribution in [0.25, 0.3) is 5.82 Å². The van der Waals surface area contributed by atoms with E-state index in [4.69, 9.17) is 4.74 Å². The van der Waals surface area contributed by atoms with Gasteiger partial charge >= 0.3 is 0 Å². The van der Waals surface area contributed by atoms with E-state index in [9.17, 15) is 4.79 Å². The number of methoxy groups -OCH3 is 1. The van der Waals surface area contributed by atoms with Crippen LogP contribution < -0.4 is 0 Å². The summed E-state index contributed by atoms with van der Waals surface area (Å²) in [6, 6.07) is 0. The van der Waals surface area contributed by atoms with Crippen molar-refractivity contribution in [1.82, 2.24) is 24.4 Å². The Morgan fingerprint density at radius 1 is 1.41 bits per heavy atom. The van der Waals surface area contributed by atoms with E-state index in [0.29, 0.717) is 6.54 Å². The van der Waals surface area contributed by atoms with Crippen molar-refractivity contribution < 1.29 is 9.53 Å². The van der Waals surface area contributed by atoms with Crippen LogP contribution in [-0.2, 0) is 9.53 Å². The van der Waals surface area contributed by atoms with E-state index in [-0.39, 0.29) is 18.4 Å². The van der Waals surface area contributed by atoms with Crippen molar-refractivity contribution in [3.05, 3.63) is 36.8 Å². The lowest BCUT2D eigenvalue weighted by Crippen LogP contribution is -2.41. The zero-order valence-electron chi connectivity index (χ0n) is 12.6. The molecule has 0 N–H and O–H groups in total. The number of ether oxygens (including phenoxy) is 1. The van der Waals surface area contributed by atoms with Crippen LogP contribution >= 0.6 is 0 Å². The van der Waals surface area contributed by atoms with Gasteiger partial charge in [0.05, 0.1) is 11.9 Å². The molecule has 0 aliphatic carbocycles. The van der Waals surface area contributed by atoms with Crippen molar-refractivity contribution in [3.8, 4) is 5.82 Å². The molecule has 1 fully saturated rings. The van der Waals surface area contributed by atoms with E-state index in [0.717, 1.165) is 30.9 Å². The molecule has 0 radical (unpaired) electrons. The van der Waals surface area contributed by atoms with E-state index in [2.05, 4.69) is 15.0 Å². The standard InChI is InChI=1S/C15H19N5O2/c1-22-10-15(21)19-5-2-3-12(9-19)13-7-17-8-14(18-13)20-6-4-16-11-20/h4,6-8,11-12H,2-3,5,9-10H2,1H3/t12-/m1/s1. The largest absolute Gasteiger partial charge is 0.375 e. The Morgan fingerprint density at radius 2 is 2.32 bits per heavy atom. The minimum atomic E-state index is 0.0333. The first-order valence-electron chi connectivity index (χ1n) is 7.35. The highest BCUT2D eigenvalue weighted by Gasteiger charge is 2.25. The fraction of sp³-hybridized carbons (Fsp3) is 0.467. The average molecular weight is 301 g/mol. The number of carbonyl (C=O) groups is 1. The van der Waals surface area contributed by atoms with Gasteiger partial charge in [0.2, 0.25) is 5.91 Å². The topological polar surface area (TPSA) is 73.1 Å². The fourth-order valence-corrected chi connectivity index (χ4v) is 2.75. The first kappa shape index (κ1) is 14.6. The number of hydrogen-bond donors (Lipinski definition) is 0. The molecule has 1 amide bonds. The zero-order valence-corrected chi connectivity index (χ0v) is 12.6. The molecule has 1 atom stereocenters. The smallest absolute Gasteiger partial charge is 0.248 e. The summed E-state index contributed by atoms with van der Waals surface area (Å²) >= 11 is 0. The van der Waals surface area contributed by atoms with E-state index >= 15 is 0 Å². The molecule has 7 heteroatoms. The molecule has 1 saturated heterocycles. The average Bonchev–Trinajstić information content (AvgIpc) is 3.10. The van der Waals surface area contributed by atoms with E-state index in [1.165, 1.54) is 0 Å². The summed E-state index contributed by atoms with van der Waals surface area (Å²) in [6.07, 6.45) is 10.7. The molecule has 3 rings (SSSR count). The van der Waals surface area contributed by atoms with Crippen molar-refractivity contribution in [3.63, 3.8) is 0 Å². The molecule has 7 nitrogen and oxygen atoms in total. The third-order valence-corrected chi connectivity index (χ3v) is 3.87. The third-order valence-electron chi connectivity index (χ3n) is 3.87. The second-order valence-corrected chi connectivity index (χ2v) is 5.38. The van der Waals surface area contributed by atoms with Gasteiger partial charge < -0.3 is 9.64 Å². The van der Waals surface area contributed by atoms with Crippen molar-refractivity contribution in [2.24, 2.45) is 0 Å². The van der Waals surface area contributed by atoms with Gasteiger partial charge in [0.15, 0.2) is 5.82 Å². The van der Waals surface area contributed by atoms with Crippen LogP contribution in [0.1, 0.15) is 24.5 Å². The Balaban J connectivity index is 1.76. The predicted molar refractivity (Wildman–Crippen MR) is 79.6 cm³/mol. The Kier molecular flexibility index (Phi) is 4.43. The summed E-state index contributed by atoms with van der Waals surface area (Å²) in [5.74, 6) is 0.992. The van der Waals surface area contributed by atoms with Gasteiger partial charge in [0.1, 0.15) is 12.9 Å². The maximum absolute atomic E-state index is 12.0. The highest BCUT2D eigenvalue weighted by atomic mass is 16.5. The zero-order chi connectivity index (χ0) is 15.4. The number of amides is 1. The first-order chi connectivity index (χ1) is 10.8. The summed E-state index contributed by atoms with van der Waals surface area (Å²) in [4.78, 5) is 26.8. The third kappa shape index (κ3) is 3.14. The second kappa shape index (κ2) is 6.65. The summed E-state index contributed by atoms with van der Waals surface area (Å²) in [7, 11) is 1.54. The number of piperidine rings is 1. The molecule has 0 saturated carbocycles. The summed E-state index contributed by atoms with van der Waals surface area (Å²) < 4.78 is 6.76. The molecule has 0 unspecified atom stereocenters. The van der Waals surface area contributed by atoms with Crippen LogP contribution in [0.2, 0.25) is 0 Å². The lowest BCUT2D eigenvalue weighted by Gasteiger charge is -2.32. The van der Waals surface area contributed by atoms with Gasteiger partial charge in [-0.1, -0.05) is 0 Å². The molecule has 2 aromatic rings. The van der Waals surface area contributed by atoms with Gasteiger partial charge in [-0.15, -0.1) is 0 Å². The van der Waals surface area contributed by atoms with Gasteiger partial charge in [-0.3, -0.25) is 14.3 Å². The molecule has 1 aliphatic rings. The van der Waals surface area contributed by atoms with Gasteiger partial charge in [-0.05, 0) is 12.8 Å². The number of hydrogen-bond acceptors (Lipinski definition) is 5. The number of likely N-dealkylation sites (tertiary alicyclic amines) is 1. The Labute approximate surface area is 129 Å². The SMILES string of the molecule is COCC(=O)N1CCC[C@@H](c2cncc(-n3ccnc3)n2)C1. The molecule has 0 spiro atoms. The van der Waals surface area contributed by atoms with Gasteiger partial charge in [0.25, 0.3) is 0 Å². The molecule has 116 valence electrons. The van der Waals surface area contributed by atoms with Gasteiger partial charge in [-0.2, -0.15) is 0 Å². The Bertz CT molecular complexity index is 629. The van der Waals surface area contributed by atoms with Gasteiger partial charge in [0, 0.05) is 44.7 Å². The van der Waals surface area contributed by atoms with Crippen LogP contribution in [0.5, 0.6) is 0 Å². The van der Waals surface area contributed by atoms with Crippen LogP contribution in [-0.4, -0.2) is 57.1 Å². The maximum atomic E-state index is 12.0. The molecular weight excluding hydrogens is 282 g/mol. The fourth-order valence-electron chi connectivity index (χ4n) is 2.75. The van der Waals surface area contributed by atoms with Crippen molar-refractivity contribution >= 4 is 5.91 Å². The summed E-state index contributed by atoms with van der Waals surface area (Å²) in [5.41, 5.74) is 0.918. The van der Waals surface area contributed by atoms with Gasteiger partial charge in [-0.25, -0.2) is 9.97 Å². The van der Waals surface area contributed by atoms with Crippen LogP contribution in [0.4, 0.5) is 0 Å². The van der Waals surface area contributed by atoms with E-state index < -0.39 is 0 Å². The Hall–Kier alpha value is -2.28. The monoisotopic (exact) mass is 301 g/mol. The second-order valence-electron chi connectivity index (χ2n) is 5.38. The van der Waals surface area contributed by atoms with E-state index in [1.807, 2.05) is 15.7 Å². The minimum Gasteiger partial charge on any atom is -0.375 e. The van der Waals surface area contributed by atoms with Crippen molar-refractivity contribution in [2.45, 2.75) is 18.8 Å². The molecule has 0 bridgehead atoms. The minimum absolute atomic E-state index is 0.0333. The number of nitrogens with zero attached hydrogens (tertiary/aromatic N) is 5. The summed E-state index contributed by atoms with van der Waals surface area (Å²) in [6.45, 7) is 1.59. The van der Waals surface area contributed by atoms with Crippen molar-refractivity contribution in [2.75, 3.05) is 26.8 Å². The number of rotatable bonds is 4. The highest BCUT2D eigenvalue weighted by Crippen LogP contribution is 2.25. The molecular formula is C15H19N5O2. The molecule has 3 heterocycles. The molecule has 22 heavy (non-hydrogen) atoms. The van der Waals surface area contributed by atoms with Crippen LogP contribution in [0.3, 0.4) is 0 Å².